The highest BCUT2D eigenvalue weighted by atomic mass is 19.1. The van der Waals surface area contributed by atoms with E-state index in [-0.39, 0.29) is 24.0 Å². The van der Waals surface area contributed by atoms with Gasteiger partial charge < -0.3 is 15.1 Å². The van der Waals surface area contributed by atoms with Gasteiger partial charge in [0.25, 0.3) is 11.8 Å². The molecule has 3 aromatic rings. The summed E-state index contributed by atoms with van der Waals surface area (Å²) in [5.74, 6) is -0.967. The Morgan fingerprint density at radius 3 is 2.40 bits per heavy atom. The first-order valence-corrected chi connectivity index (χ1v) is 7.60. The van der Waals surface area contributed by atoms with E-state index in [1.54, 1.807) is 42.5 Å². The number of rotatable bonds is 5. The molecular weight excluding hydrogens is 323 g/mol. The molecule has 1 aromatic heterocycles. The molecule has 0 spiro atoms. The largest absolute Gasteiger partial charge is 0.459 e. The van der Waals surface area contributed by atoms with Crippen molar-refractivity contribution >= 4 is 17.5 Å². The van der Waals surface area contributed by atoms with Gasteiger partial charge in [-0.2, -0.15) is 0 Å². The third-order valence-electron chi connectivity index (χ3n) is 3.53. The van der Waals surface area contributed by atoms with E-state index in [4.69, 9.17) is 4.42 Å². The summed E-state index contributed by atoms with van der Waals surface area (Å²) in [5, 5.41) is 5.40. The molecule has 0 radical (unpaired) electrons. The quantitative estimate of drug-likeness (QED) is 0.747. The SMILES string of the molecule is O=C(Nc1ccccc1C(=O)NCc1ccc(F)cc1)c1ccco1. The van der Waals surface area contributed by atoms with Crippen LogP contribution in [-0.4, -0.2) is 11.8 Å². The van der Waals surface area contributed by atoms with E-state index in [1.807, 2.05) is 0 Å². The molecule has 126 valence electrons. The van der Waals surface area contributed by atoms with Crippen LogP contribution in [0.25, 0.3) is 0 Å². The van der Waals surface area contributed by atoms with E-state index in [2.05, 4.69) is 10.6 Å². The second kappa shape index (κ2) is 7.44. The number of furan rings is 1. The second-order valence-corrected chi connectivity index (χ2v) is 5.29. The van der Waals surface area contributed by atoms with Crippen LogP contribution < -0.4 is 10.6 Å². The van der Waals surface area contributed by atoms with Crippen LogP contribution in [-0.2, 0) is 6.54 Å². The predicted molar refractivity (Wildman–Crippen MR) is 90.7 cm³/mol. The van der Waals surface area contributed by atoms with Gasteiger partial charge in [0.15, 0.2) is 5.76 Å². The average Bonchev–Trinajstić information content (AvgIpc) is 3.16. The summed E-state index contributed by atoms with van der Waals surface area (Å²) in [6, 6.07) is 15.7. The monoisotopic (exact) mass is 338 g/mol. The van der Waals surface area contributed by atoms with E-state index < -0.39 is 5.91 Å². The van der Waals surface area contributed by atoms with Gasteiger partial charge in [-0.05, 0) is 42.0 Å². The molecule has 0 aliphatic carbocycles. The molecular formula is C19H15FN2O3. The lowest BCUT2D eigenvalue weighted by atomic mass is 10.1. The molecule has 0 bridgehead atoms. The van der Waals surface area contributed by atoms with Crippen LogP contribution in [0.3, 0.4) is 0 Å². The number of benzene rings is 2. The Hall–Kier alpha value is -3.41. The van der Waals surface area contributed by atoms with Crippen molar-refractivity contribution in [1.82, 2.24) is 5.32 Å². The molecule has 3 rings (SSSR count). The van der Waals surface area contributed by atoms with Crippen molar-refractivity contribution in [3.05, 3.63) is 89.6 Å². The number of carbonyl (C=O) groups excluding carboxylic acids is 2. The molecule has 0 aliphatic heterocycles. The first-order valence-electron chi connectivity index (χ1n) is 7.60. The van der Waals surface area contributed by atoms with Crippen molar-refractivity contribution in [2.75, 3.05) is 5.32 Å². The van der Waals surface area contributed by atoms with Gasteiger partial charge in [0, 0.05) is 6.54 Å². The molecule has 5 nitrogen and oxygen atoms in total. The van der Waals surface area contributed by atoms with Crippen molar-refractivity contribution in [2.24, 2.45) is 0 Å². The highest BCUT2D eigenvalue weighted by Crippen LogP contribution is 2.17. The van der Waals surface area contributed by atoms with E-state index in [0.29, 0.717) is 11.3 Å². The molecule has 0 saturated heterocycles. The van der Waals surface area contributed by atoms with Crippen LogP contribution in [0.4, 0.5) is 10.1 Å². The van der Waals surface area contributed by atoms with Gasteiger partial charge in [0.05, 0.1) is 17.5 Å². The highest BCUT2D eigenvalue weighted by molar-refractivity contribution is 6.07. The summed E-state index contributed by atoms with van der Waals surface area (Å²) >= 11 is 0. The molecule has 1 heterocycles. The lowest BCUT2D eigenvalue weighted by Crippen LogP contribution is -2.24. The van der Waals surface area contributed by atoms with Crippen molar-refractivity contribution in [2.45, 2.75) is 6.54 Å². The van der Waals surface area contributed by atoms with Crippen LogP contribution in [0.2, 0.25) is 0 Å². The molecule has 2 amide bonds. The maximum absolute atomic E-state index is 12.9. The van der Waals surface area contributed by atoms with Crippen LogP contribution in [0.15, 0.2) is 71.3 Å². The zero-order chi connectivity index (χ0) is 17.6. The van der Waals surface area contributed by atoms with Crippen molar-refractivity contribution < 1.29 is 18.4 Å². The Balaban J connectivity index is 1.70. The topological polar surface area (TPSA) is 71.3 Å². The maximum Gasteiger partial charge on any atom is 0.291 e. The van der Waals surface area contributed by atoms with Crippen LogP contribution in [0.1, 0.15) is 26.5 Å². The third kappa shape index (κ3) is 4.11. The van der Waals surface area contributed by atoms with E-state index >= 15 is 0 Å². The standard InChI is InChI=1S/C19H15FN2O3/c20-14-9-7-13(8-10-14)12-21-18(23)15-4-1-2-5-16(15)22-19(24)17-6-3-11-25-17/h1-11H,12H2,(H,21,23)(H,22,24). The van der Waals surface area contributed by atoms with Crippen LogP contribution in [0, 0.1) is 5.82 Å². The molecule has 25 heavy (non-hydrogen) atoms. The molecule has 0 atom stereocenters. The fourth-order valence-electron chi connectivity index (χ4n) is 2.26. The number of hydrogen-bond acceptors (Lipinski definition) is 3. The minimum absolute atomic E-state index is 0.154. The van der Waals surface area contributed by atoms with Gasteiger partial charge in [-0.15, -0.1) is 0 Å². The van der Waals surface area contributed by atoms with Gasteiger partial charge in [0.2, 0.25) is 0 Å². The maximum atomic E-state index is 12.9. The number of carbonyl (C=O) groups is 2. The summed E-state index contributed by atoms with van der Waals surface area (Å²) in [5.41, 5.74) is 1.47. The first-order chi connectivity index (χ1) is 12.1. The third-order valence-corrected chi connectivity index (χ3v) is 3.53. The van der Waals surface area contributed by atoms with Gasteiger partial charge >= 0.3 is 0 Å². The van der Waals surface area contributed by atoms with Crippen molar-refractivity contribution in [3.8, 4) is 0 Å². The molecule has 0 saturated carbocycles. The lowest BCUT2D eigenvalue weighted by Gasteiger charge is -2.11. The smallest absolute Gasteiger partial charge is 0.291 e. The number of nitrogens with one attached hydrogen (secondary N) is 2. The minimum atomic E-state index is -0.441. The molecule has 2 aromatic carbocycles. The van der Waals surface area contributed by atoms with E-state index in [9.17, 15) is 14.0 Å². The molecule has 6 heteroatoms. The Labute approximate surface area is 143 Å². The highest BCUT2D eigenvalue weighted by Gasteiger charge is 2.15. The number of amides is 2. The van der Waals surface area contributed by atoms with Crippen molar-refractivity contribution in [3.63, 3.8) is 0 Å². The Bertz CT molecular complexity index is 874. The normalized spacial score (nSPS) is 10.3. The summed E-state index contributed by atoms with van der Waals surface area (Å²) in [6.45, 7) is 0.250. The predicted octanol–water partition coefficient (Wildman–Crippen LogP) is 3.60. The number of halogens is 1. The Morgan fingerprint density at radius 1 is 0.920 bits per heavy atom. The molecule has 0 unspecified atom stereocenters. The average molecular weight is 338 g/mol. The van der Waals surface area contributed by atoms with Gasteiger partial charge in [0.1, 0.15) is 5.82 Å². The van der Waals surface area contributed by atoms with E-state index in [0.717, 1.165) is 5.56 Å². The van der Waals surface area contributed by atoms with Crippen LogP contribution >= 0.6 is 0 Å². The van der Waals surface area contributed by atoms with Crippen LogP contribution in [0.5, 0.6) is 0 Å². The van der Waals surface area contributed by atoms with Gasteiger partial charge in [-0.3, -0.25) is 9.59 Å². The zero-order valence-electron chi connectivity index (χ0n) is 13.2. The Morgan fingerprint density at radius 2 is 1.68 bits per heavy atom. The lowest BCUT2D eigenvalue weighted by molar-refractivity contribution is 0.0952. The molecule has 2 N–H and O–H groups in total. The number of hydrogen-bond donors (Lipinski definition) is 2. The van der Waals surface area contributed by atoms with Crippen molar-refractivity contribution in [1.29, 1.82) is 0 Å². The second-order valence-electron chi connectivity index (χ2n) is 5.29. The Kier molecular flexibility index (Phi) is 4.89. The minimum Gasteiger partial charge on any atom is -0.459 e. The summed E-state index contributed by atoms with van der Waals surface area (Å²) in [7, 11) is 0. The summed E-state index contributed by atoms with van der Waals surface area (Å²) in [4.78, 5) is 24.5. The molecule has 0 aliphatic rings. The number of para-hydroxylation sites is 1. The fourth-order valence-corrected chi connectivity index (χ4v) is 2.26. The van der Waals surface area contributed by atoms with E-state index in [1.165, 1.54) is 24.5 Å². The summed E-state index contributed by atoms with van der Waals surface area (Å²) < 4.78 is 17.9. The van der Waals surface area contributed by atoms with Gasteiger partial charge in [-0.1, -0.05) is 24.3 Å². The summed E-state index contributed by atoms with van der Waals surface area (Å²) in [6.07, 6.45) is 1.40. The van der Waals surface area contributed by atoms with Gasteiger partial charge in [-0.25, -0.2) is 4.39 Å². The molecule has 0 fully saturated rings. The fraction of sp³-hybridized carbons (Fsp3) is 0.0526. The zero-order valence-corrected chi connectivity index (χ0v) is 13.2. The number of anilines is 1. The first kappa shape index (κ1) is 16.4.